The number of anilines is 2. The number of fused-ring (bicyclic) bond motifs is 1. The summed E-state index contributed by atoms with van der Waals surface area (Å²) in [4.78, 5) is 28.0. The molecule has 1 aliphatic heterocycles. The molecule has 2 aromatic carbocycles. The third-order valence-electron chi connectivity index (χ3n) is 6.11. The summed E-state index contributed by atoms with van der Waals surface area (Å²) >= 11 is 0. The molecule has 0 saturated carbocycles. The second-order valence-electron chi connectivity index (χ2n) is 8.77. The minimum atomic E-state index is -3.62. The van der Waals surface area contributed by atoms with Crippen molar-refractivity contribution in [1.29, 1.82) is 0 Å². The molecule has 2 heterocycles. The van der Waals surface area contributed by atoms with Crippen molar-refractivity contribution >= 4 is 38.4 Å². The van der Waals surface area contributed by atoms with Gasteiger partial charge in [0.2, 0.25) is 0 Å². The number of piperazine rings is 1. The Hall–Kier alpha value is -3.48. The number of amides is 1. The standard InChI is InChI=1S/C25H31N5O6S/c1-28-7-9-29(10-8-28)25(31)24-17-26-22-6-5-18(15-23(22)27-24)30(11-12-36-37(4,32)33)19-13-20(34-2)16-21(14-19)35-3/h5-6,13-17H,7-12H2,1-4H3. The van der Waals surface area contributed by atoms with Crippen LogP contribution in [0.3, 0.4) is 0 Å². The average molecular weight is 530 g/mol. The van der Waals surface area contributed by atoms with Gasteiger partial charge in [-0.05, 0) is 25.2 Å². The molecular formula is C25H31N5O6S. The molecule has 1 aromatic heterocycles. The Morgan fingerprint density at radius 2 is 1.65 bits per heavy atom. The third-order valence-corrected chi connectivity index (χ3v) is 6.70. The Labute approximate surface area is 216 Å². The van der Waals surface area contributed by atoms with E-state index < -0.39 is 10.1 Å². The predicted octanol–water partition coefficient (Wildman–Crippen LogP) is 2.15. The number of likely N-dealkylation sites (N-methyl/N-ethyl adjacent to an activating group) is 1. The number of benzene rings is 2. The van der Waals surface area contributed by atoms with E-state index in [-0.39, 0.29) is 24.8 Å². The van der Waals surface area contributed by atoms with E-state index in [1.54, 1.807) is 25.2 Å². The molecule has 1 saturated heterocycles. The van der Waals surface area contributed by atoms with Gasteiger partial charge in [0.1, 0.15) is 17.2 Å². The minimum absolute atomic E-state index is 0.0794. The lowest BCUT2D eigenvalue weighted by molar-refractivity contribution is 0.0658. The third kappa shape index (κ3) is 6.64. The van der Waals surface area contributed by atoms with Crippen molar-refractivity contribution in [1.82, 2.24) is 19.8 Å². The summed E-state index contributed by atoms with van der Waals surface area (Å²) in [6.45, 7) is 3.03. The fraction of sp³-hybridized carbons (Fsp3) is 0.400. The van der Waals surface area contributed by atoms with E-state index >= 15 is 0 Å². The first-order chi connectivity index (χ1) is 17.7. The highest BCUT2D eigenvalue weighted by molar-refractivity contribution is 7.85. The molecule has 0 unspecified atom stereocenters. The fourth-order valence-corrected chi connectivity index (χ4v) is 4.46. The molecule has 11 nitrogen and oxygen atoms in total. The van der Waals surface area contributed by atoms with Crippen LogP contribution in [0.25, 0.3) is 11.0 Å². The number of methoxy groups -OCH3 is 2. The fourth-order valence-electron chi connectivity index (χ4n) is 4.08. The Kier molecular flexibility index (Phi) is 8.10. The molecule has 3 aromatic rings. The molecule has 1 aliphatic rings. The van der Waals surface area contributed by atoms with E-state index in [0.717, 1.165) is 19.3 Å². The van der Waals surface area contributed by atoms with Gasteiger partial charge in [0, 0.05) is 62.3 Å². The number of carbonyl (C=O) groups excluding carboxylic acids is 1. The summed E-state index contributed by atoms with van der Waals surface area (Å²) in [5.74, 6) is 0.997. The van der Waals surface area contributed by atoms with E-state index in [1.165, 1.54) is 6.20 Å². The topological polar surface area (TPSA) is 114 Å². The molecule has 0 spiro atoms. The van der Waals surface area contributed by atoms with Crippen LogP contribution in [0.5, 0.6) is 11.5 Å². The molecule has 0 aliphatic carbocycles. The van der Waals surface area contributed by atoms with Gasteiger partial charge in [-0.25, -0.2) is 4.98 Å². The van der Waals surface area contributed by atoms with Crippen LogP contribution in [0, 0.1) is 0 Å². The zero-order valence-corrected chi connectivity index (χ0v) is 22.2. The van der Waals surface area contributed by atoms with Crippen molar-refractivity contribution in [3.8, 4) is 11.5 Å². The molecular weight excluding hydrogens is 498 g/mol. The van der Waals surface area contributed by atoms with Gasteiger partial charge in [-0.2, -0.15) is 8.42 Å². The van der Waals surface area contributed by atoms with E-state index in [2.05, 4.69) is 14.9 Å². The maximum absolute atomic E-state index is 13.1. The highest BCUT2D eigenvalue weighted by Crippen LogP contribution is 2.33. The SMILES string of the molecule is COc1cc(OC)cc(N(CCOS(C)(=O)=O)c2ccc3ncc(C(=O)N4CCN(C)CC4)nc3c2)c1. The van der Waals surface area contributed by atoms with Crippen molar-refractivity contribution in [2.45, 2.75) is 0 Å². The molecule has 1 fully saturated rings. The van der Waals surface area contributed by atoms with Gasteiger partial charge in [0.05, 0.1) is 44.3 Å². The number of nitrogens with zero attached hydrogens (tertiary/aromatic N) is 5. The first-order valence-corrected chi connectivity index (χ1v) is 13.6. The Morgan fingerprint density at radius 1 is 0.973 bits per heavy atom. The first-order valence-electron chi connectivity index (χ1n) is 11.8. The van der Waals surface area contributed by atoms with Crippen LogP contribution in [0.1, 0.15) is 10.5 Å². The second kappa shape index (κ2) is 11.3. The van der Waals surface area contributed by atoms with Crippen molar-refractivity contribution in [2.24, 2.45) is 0 Å². The summed E-state index contributed by atoms with van der Waals surface area (Å²) in [7, 11) is 1.53. The monoisotopic (exact) mass is 529 g/mol. The molecule has 4 rings (SSSR count). The molecule has 0 radical (unpaired) electrons. The molecule has 0 bridgehead atoms. The lowest BCUT2D eigenvalue weighted by atomic mass is 10.2. The second-order valence-corrected chi connectivity index (χ2v) is 10.4. The van der Waals surface area contributed by atoms with Gasteiger partial charge in [-0.1, -0.05) is 0 Å². The number of aromatic nitrogens is 2. The molecule has 198 valence electrons. The Balaban J connectivity index is 1.70. The van der Waals surface area contributed by atoms with Gasteiger partial charge in [-0.3, -0.25) is 14.0 Å². The molecule has 12 heteroatoms. The maximum atomic E-state index is 13.1. The molecule has 0 atom stereocenters. The highest BCUT2D eigenvalue weighted by atomic mass is 32.2. The lowest BCUT2D eigenvalue weighted by Crippen LogP contribution is -2.47. The first kappa shape index (κ1) is 26.6. The Bertz CT molecular complexity index is 1350. The van der Waals surface area contributed by atoms with Crippen LogP contribution in [-0.2, 0) is 14.3 Å². The van der Waals surface area contributed by atoms with Crippen LogP contribution >= 0.6 is 0 Å². The van der Waals surface area contributed by atoms with E-state index in [9.17, 15) is 13.2 Å². The smallest absolute Gasteiger partial charge is 0.274 e. The van der Waals surface area contributed by atoms with Crippen LogP contribution < -0.4 is 14.4 Å². The molecule has 1 amide bonds. The quantitative estimate of drug-likeness (QED) is 0.382. The highest BCUT2D eigenvalue weighted by Gasteiger charge is 2.22. The average Bonchev–Trinajstić information content (AvgIpc) is 2.89. The summed E-state index contributed by atoms with van der Waals surface area (Å²) in [6.07, 6.45) is 2.52. The van der Waals surface area contributed by atoms with E-state index in [4.69, 9.17) is 13.7 Å². The summed E-state index contributed by atoms with van der Waals surface area (Å²) in [5, 5.41) is 0. The molecule has 37 heavy (non-hydrogen) atoms. The molecule has 0 N–H and O–H groups in total. The lowest BCUT2D eigenvalue weighted by Gasteiger charge is -2.32. The number of hydrogen-bond acceptors (Lipinski definition) is 10. The number of ether oxygens (including phenoxy) is 2. The van der Waals surface area contributed by atoms with Gasteiger partial charge in [-0.15, -0.1) is 0 Å². The number of rotatable bonds is 9. The van der Waals surface area contributed by atoms with Crippen LogP contribution in [0.4, 0.5) is 11.4 Å². The van der Waals surface area contributed by atoms with Crippen molar-refractivity contribution in [3.05, 3.63) is 48.3 Å². The predicted molar refractivity (Wildman–Crippen MR) is 140 cm³/mol. The summed E-state index contributed by atoms with van der Waals surface area (Å²) < 4.78 is 39.0. The number of carbonyl (C=O) groups is 1. The van der Waals surface area contributed by atoms with E-state index in [1.807, 2.05) is 42.3 Å². The van der Waals surface area contributed by atoms with Crippen molar-refractivity contribution < 1.29 is 26.9 Å². The minimum Gasteiger partial charge on any atom is -0.497 e. The number of hydrogen-bond donors (Lipinski definition) is 0. The van der Waals surface area contributed by atoms with Crippen molar-refractivity contribution in [3.63, 3.8) is 0 Å². The van der Waals surface area contributed by atoms with Gasteiger partial charge >= 0.3 is 0 Å². The van der Waals surface area contributed by atoms with Gasteiger partial charge < -0.3 is 24.2 Å². The largest absolute Gasteiger partial charge is 0.497 e. The van der Waals surface area contributed by atoms with Crippen molar-refractivity contribution in [2.75, 3.05) is 71.8 Å². The van der Waals surface area contributed by atoms with Crippen LogP contribution in [0.2, 0.25) is 0 Å². The summed E-state index contributed by atoms with van der Waals surface area (Å²) in [6, 6.07) is 10.8. The zero-order valence-electron chi connectivity index (χ0n) is 21.4. The Morgan fingerprint density at radius 3 is 2.27 bits per heavy atom. The van der Waals surface area contributed by atoms with Gasteiger partial charge in [0.25, 0.3) is 16.0 Å². The maximum Gasteiger partial charge on any atom is 0.274 e. The van der Waals surface area contributed by atoms with Crippen LogP contribution in [0.15, 0.2) is 42.6 Å². The van der Waals surface area contributed by atoms with E-state index in [0.29, 0.717) is 47.0 Å². The summed E-state index contributed by atoms with van der Waals surface area (Å²) in [5.41, 5.74) is 2.86. The van der Waals surface area contributed by atoms with Crippen LogP contribution in [-0.4, -0.2) is 101 Å². The normalized spacial score (nSPS) is 14.5. The van der Waals surface area contributed by atoms with Gasteiger partial charge in [0.15, 0.2) is 0 Å². The zero-order chi connectivity index (χ0) is 26.6.